The molecule has 2 aromatic rings. The van der Waals surface area contributed by atoms with Crippen LogP contribution in [0.3, 0.4) is 0 Å². The number of nitrogen functional groups attached to an aromatic ring is 1. The van der Waals surface area contributed by atoms with Crippen LogP contribution in [0, 0.1) is 5.82 Å². The molecule has 0 amide bonds. The first-order chi connectivity index (χ1) is 9.15. The van der Waals surface area contributed by atoms with E-state index in [-0.39, 0.29) is 5.82 Å². The van der Waals surface area contributed by atoms with Gasteiger partial charge >= 0.3 is 0 Å². The van der Waals surface area contributed by atoms with E-state index in [2.05, 4.69) is 15.9 Å². The molecule has 0 radical (unpaired) electrons. The summed E-state index contributed by atoms with van der Waals surface area (Å²) < 4.78 is 24.6. The molecule has 0 unspecified atom stereocenters. The van der Waals surface area contributed by atoms with Gasteiger partial charge in [0.25, 0.3) is 0 Å². The number of anilines is 1. The second-order valence-electron chi connectivity index (χ2n) is 3.84. The standard InChI is InChI=1S/C14H13BrFNO2/c15-10-7-11(16)9-12(8-10)18-5-6-19-14-4-2-1-3-13(14)17/h1-4,7-9H,5-6,17H2. The Morgan fingerprint density at radius 3 is 2.53 bits per heavy atom. The summed E-state index contributed by atoms with van der Waals surface area (Å²) in [5.41, 5.74) is 6.31. The molecule has 0 atom stereocenters. The summed E-state index contributed by atoms with van der Waals surface area (Å²) in [6.07, 6.45) is 0. The van der Waals surface area contributed by atoms with Crippen LogP contribution in [0.1, 0.15) is 0 Å². The second-order valence-corrected chi connectivity index (χ2v) is 4.76. The van der Waals surface area contributed by atoms with Crippen molar-refractivity contribution in [3.8, 4) is 11.5 Å². The maximum atomic E-state index is 13.1. The van der Waals surface area contributed by atoms with Gasteiger partial charge in [-0.3, -0.25) is 0 Å². The Balaban J connectivity index is 1.82. The lowest BCUT2D eigenvalue weighted by Crippen LogP contribution is -2.10. The van der Waals surface area contributed by atoms with Crippen molar-refractivity contribution in [3.05, 3.63) is 52.8 Å². The van der Waals surface area contributed by atoms with Crippen molar-refractivity contribution in [3.63, 3.8) is 0 Å². The Morgan fingerprint density at radius 2 is 1.79 bits per heavy atom. The first-order valence-corrected chi connectivity index (χ1v) is 6.50. The molecule has 0 fully saturated rings. The lowest BCUT2D eigenvalue weighted by molar-refractivity contribution is 0.217. The fraction of sp³-hybridized carbons (Fsp3) is 0.143. The van der Waals surface area contributed by atoms with Crippen molar-refractivity contribution >= 4 is 21.6 Å². The highest BCUT2D eigenvalue weighted by molar-refractivity contribution is 9.10. The quantitative estimate of drug-likeness (QED) is 0.674. The van der Waals surface area contributed by atoms with Gasteiger partial charge in [0, 0.05) is 10.5 Å². The molecule has 19 heavy (non-hydrogen) atoms. The molecule has 0 aliphatic rings. The zero-order valence-corrected chi connectivity index (χ0v) is 11.7. The zero-order chi connectivity index (χ0) is 13.7. The molecule has 0 aliphatic carbocycles. The molecular formula is C14H13BrFNO2. The zero-order valence-electron chi connectivity index (χ0n) is 10.1. The van der Waals surface area contributed by atoms with Crippen molar-refractivity contribution in [1.29, 1.82) is 0 Å². The molecule has 0 heterocycles. The molecule has 5 heteroatoms. The minimum absolute atomic E-state index is 0.310. The second kappa shape index (κ2) is 6.43. The van der Waals surface area contributed by atoms with E-state index in [0.29, 0.717) is 34.9 Å². The Bertz CT molecular complexity index is 543. The first kappa shape index (κ1) is 13.7. The summed E-state index contributed by atoms with van der Waals surface area (Å²) >= 11 is 3.20. The van der Waals surface area contributed by atoms with Crippen LogP contribution in [0.4, 0.5) is 10.1 Å². The molecule has 2 aromatic carbocycles. The summed E-state index contributed by atoms with van der Waals surface area (Å²) in [6, 6.07) is 11.6. The lowest BCUT2D eigenvalue weighted by Gasteiger charge is -2.10. The van der Waals surface area contributed by atoms with Crippen LogP contribution < -0.4 is 15.2 Å². The van der Waals surface area contributed by atoms with Gasteiger partial charge in [-0.1, -0.05) is 28.1 Å². The molecule has 0 saturated carbocycles. The lowest BCUT2D eigenvalue weighted by atomic mass is 10.3. The van der Waals surface area contributed by atoms with E-state index in [0.717, 1.165) is 0 Å². The van der Waals surface area contributed by atoms with Crippen molar-refractivity contribution in [2.45, 2.75) is 0 Å². The molecule has 100 valence electrons. The SMILES string of the molecule is Nc1ccccc1OCCOc1cc(F)cc(Br)c1. The number of para-hydroxylation sites is 2. The van der Waals surface area contributed by atoms with Crippen LogP contribution in [0.15, 0.2) is 46.9 Å². The Hall–Kier alpha value is -1.75. The predicted octanol–water partition coefficient (Wildman–Crippen LogP) is 3.63. The van der Waals surface area contributed by atoms with E-state index in [9.17, 15) is 4.39 Å². The van der Waals surface area contributed by atoms with E-state index in [1.165, 1.54) is 12.1 Å². The fourth-order valence-corrected chi connectivity index (χ4v) is 1.98. The smallest absolute Gasteiger partial charge is 0.142 e. The third-order valence-electron chi connectivity index (χ3n) is 2.36. The van der Waals surface area contributed by atoms with Gasteiger partial charge in [-0.15, -0.1) is 0 Å². The van der Waals surface area contributed by atoms with E-state index < -0.39 is 0 Å². The third kappa shape index (κ3) is 4.13. The Labute approximate surface area is 119 Å². The van der Waals surface area contributed by atoms with Crippen LogP contribution in [0.2, 0.25) is 0 Å². The normalized spacial score (nSPS) is 10.2. The summed E-state index contributed by atoms with van der Waals surface area (Å²) in [4.78, 5) is 0. The van der Waals surface area contributed by atoms with E-state index in [1.807, 2.05) is 12.1 Å². The molecule has 2 N–H and O–H groups in total. The van der Waals surface area contributed by atoms with Gasteiger partial charge in [0.1, 0.15) is 30.5 Å². The van der Waals surface area contributed by atoms with Crippen LogP contribution in [0.5, 0.6) is 11.5 Å². The van der Waals surface area contributed by atoms with Crippen LogP contribution in [-0.4, -0.2) is 13.2 Å². The van der Waals surface area contributed by atoms with Crippen LogP contribution in [-0.2, 0) is 0 Å². The first-order valence-electron chi connectivity index (χ1n) is 5.71. The molecule has 3 nitrogen and oxygen atoms in total. The van der Waals surface area contributed by atoms with Crippen molar-refractivity contribution in [1.82, 2.24) is 0 Å². The number of halogens is 2. The maximum Gasteiger partial charge on any atom is 0.142 e. The van der Waals surface area contributed by atoms with Crippen molar-refractivity contribution < 1.29 is 13.9 Å². The summed E-state index contributed by atoms with van der Waals surface area (Å²) in [7, 11) is 0. The van der Waals surface area contributed by atoms with E-state index in [4.69, 9.17) is 15.2 Å². The van der Waals surface area contributed by atoms with Gasteiger partial charge in [0.15, 0.2) is 0 Å². The number of ether oxygens (including phenoxy) is 2. The van der Waals surface area contributed by atoms with E-state index in [1.54, 1.807) is 18.2 Å². The molecule has 0 aliphatic heterocycles. The predicted molar refractivity (Wildman–Crippen MR) is 75.9 cm³/mol. The number of rotatable bonds is 5. The topological polar surface area (TPSA) is 44.5 Å². The van der Waals surface area contributed by atoms with Gasteiger partial charge in [-0.2, -0.15) is 0 Å². The average molecular weight is 326 g/mol. The summed E-state index contributed by atoms with van der Waals surface area (Å²) in [5.74, 6) is 0.723. The molecule has 0 spiro atoms. The van der Waals surface area contributed by atoms with Crippen molar-refractivity contribution in [2.24, 2.45) is 0 Å². The summed E-state index contributed by atoms with van der Waals surface area (Å²) in [5, 5.41) is 0. The molecule has 2 rings (SSSR count). The van der Waals surface area contributed by atoms with Gasteiger partial charge in [0.05, 0.1) is 5.69 Å². The number of hydrogen-bond acceptors (Lipinski definition) is 3. The number of hydrogen-bond donors (Lipinski definition) is 1. The number of benzene rings is 2. The van der Waals surface area contributed by atoms with Gasteiger partial charge in [0.2, 0.25) is 0 Å². The number of nitrogens with two attached hydrogens (primary N) is 1. The highest BCUT2D eigenvalue weighted by Gasteiger charge is 2.01. The molecule has 0 aromatic heterocycles. The minimum atomic E-state index is -0.349. The fourth-order valence-electron chi connectivity index (χ4n) is 1.53. The minimum Gasteiger partial charge on any atom is -0.490 e. The largest absolute Gasteiger partial charge is 0.490 e. The summed E-state index contributed by atoms with van der Waals surface area (Å²) in [6.45, 7) is 0.645. The van der Waals surface area contributed by atoms with Crippen molar-refractivity contribution in [2.75, 3.05) is 18.9 Å². The average Bonchev–Trinajstić information content (AvgIpc) is 2.35. The molecule has 0 bridgehead atoms. The Kier molecular flexibility index (Phi) is 4.63. The van der Waals surface area contributed by atoms with Gasteiger partial charge in [-0.05, 0) is 24.3 Å². The highest BCUT2D eigenvalue weighted by Crippen LogP contribution is 2.21. The monoisotopic (exact) mass is 325 g/mol. The van der Waals surface area contributed by atoms with Crippen LogP contribution in [0.25, 0.3) is 0 Å². The highest BCUT2D eigenvalue weighted by atomic mass is 79.9. The Morgan fingerprint density at radius 1 is 1.05 bits per heavy atom. The molecular weight excluding hydrogens is 313 g/mol. The maximum absolute atomic E-state index is 13.1. The van der Waals surface area contributed by atoms with Crippen LogP contribution >= 0.6 is 15.9 Å². The molecule has 0 saturated heterocycles. The third-order valence-corrected chi connectivity index (χ3v) is 2.82. The van der Waals surface area contributed by atoms with Gasteiger partial charge in [-0.25, -0.2) is 4.39 Å². The van der Waals surface area contributed by atoms with Gasteiger partial charge < -0.3 is 15.2 Å². The van der Waals surface area contributed by atoms with E-state index >= 15 is 0 Å².